The highest BCUT2D eigenvalue weighted by Gasteiger charge is 2.49. The van der Waals surface area contributed by atoms with Crippen LogP contribution in [0.4, 0.5) is 0 Å². The zero-order valence-corrected chi connectivity index (χ0v) is 19.0. The Kier molecular flexibility index (Phi) is 6.24. The van der Waals surface area contributed by atoms with Gasteiger partial charge in [0, 0.05) is 26.1 Å². The van der Waals surface area contributed by atoms with Gasteiger partial charge in [-0.25, -0.2) is 0 Å². The van der Waals surface area contributed by atoms with Crippen LogP contribution in [-0.2, 0) is 23.4 Å². The van der Waals surface area contributed by atoms with E-state index in [2.05, 4.69) is 33.9 Å². The van der Waals surface area contributed by atoms with E-state index in [0.717, 1.165) is 38.9 Å². The molecule has 5 atom stereocenters. The molecular formula is C21H38O5Si. The van der Waals surface area contributed by atoms with Crippen molar-refractivity contribution in [2.45, 2.75) is 114 Å². The maximum absolute atomic E-state index is 12.8. The number of carbonyl (C=O) groups is 1. The highest BCUT2D eigenvalue weighted by atomic mass is 28.4. The van der Waals surface area contributed by atoms with E-state index >= 15 is 0 Å². The van der Waals surface area contributed by atoms with Crippen molar-refractivity contribution in [3.63, 3.8) is 0 Å². The Morgan fingerprint density at radius 1 is 1.19 bits per heavy atom. The van der Waals surface area contributed by atoms with Crippen LogP contribution in [0.25, 0.3) is 0 Å². The predicted octanol–water partition coefficient (Wildman–Crippen LogP) is 4.24. The SMILES string of the molecule is CC(C)(C)[Si](C)(C)O[C@H]1CCCO[C@H]1C[C@H]1O[C@H]2CCCO[C@]2(C)CC1=O. The molecule has 3 heterocycles. The van der Waals surface area contributed by atoms with Crippen molar-refractivity contribution in [1.82, 2.24) is 0 Å². The fourth-order valence-electron chi connectivity index (χ4n) is 4.20. The molecule has 0 saturated carbocycles. The van der Waals surface area contributed by atoms with Gasteiger partial charge in [-0.2, -0.15) is 0 Å². The topological polar surface area (TPSA) is 54.0 Å². The van der Waals surface area contributed by atoms with E-state index in [1.165, 1.54) is 0 Å². The number of ketones is 1. The molecule has 0 bridgehead atoms. The van der Waals surface area contributed by atoms with Crippen LogP contribution in [0.5, 0.6) is 0 Å². The van der Waals surface area contributed by atoms with E-state index in [1.807, 2.05) is 6.92 Å². The predicted molar refractivity (Wildman–Crippen MR) is 108 cm³/mol. The second-order valence-electron chi connectivity index (χ2n) is 10.3. The van der Waals surface area contributed by atoms with Crippen LogP contribution in [-0.4, -0.2) is 57.3 Å². The number of hydrogen-bond acceptors (Lipinski definition) is 5. The first kappa shape index (κ1) is 21.4. The van der Waals surface area contributed by atoms with Gasteiger partial charge in [-0.3, -0.25) is 4.79 Å². The Bertz CT molecular complexity index is 543. The number of fused-ring (bicyclic) bond motifs is 1. The van der Waals surface area contributed by atoms with Crippen molar-refractivity contribution in [3.8, 4) is 0 Å². The van der Waals surface area contributed by atoms with E-state index in [-0.39, 0.29) is 29.1 Å². The van der Waals surface area contributed by atoms with Gasteiger partial charge in [0.2, 0.25) is 0 Å². The number of rotatable bonds is 4. The smallest absolute Gasteiger partial charge is 0.192 e. The highest BCUT2D eigenvalue weighted by molar-refractivity contribution is 6.74. The molecule has 0 unspecified atom stereocenters. The van der Waals surface area contributed by atoms with Crippen LogP contribution < -0.4 is 0 Å². The van der Waals surface area contributed by atoms with Gasteiger partial charge >= 0.3 is 0 Å². The summed E-state index contributed by atoms with van der Waals surface area (Å²) in [7, 11) is -1.88. The van der Waals surface area contributed by atoms with Gasteiger partial charge < -0.3 is 18.6 Å². The van der Waals surface area contributed by atoms with E-state index in [4.69, 9.17) is 18.6 Å². The first-order valence-electron chi connectivity index (χ1n) is 10.6. The summed E-state index contributed by atoms with van der Waals surface area (Å²) in [6.07, 6.45) is 4.66. The zero-order chi connectivity index (χ0) is 19.9. The number of ether oxygens (including phenoxy) is 3. The van der Waals surface area contributed by atoms with Crippen LogP contribution in [0.15, 0.2) is 0 Å². The molecule has 0 radical (unpaired) electrons. The third-order valence-electron chi connectivity index (χ3n) is 7.01. The Labute approximate surface area is 165 Å². The quantitative estimate of drug-likeness (QED) is 0.663. The summed E-state index contributed by atoms with van der Waals surface area (Å²) in [6.45, 7) is 14.8. The molecule has 0 spiro atoms. The first-order chi connectivity index (χ1) is 12.5. The van der Waals surface area contributed by atoms with E-state index in [9.17, 15) is 4.79 Å². The molecule has 3 saturated heterocycles. The van der Waals surface area contributed by atoms with Crippen LogP contribution in [0.1, 0.15) is 66.2 Å². The molecule has 0 aromatic heterocycles. The lowest BCUT2D eigenvalue weighted by atomic mass is 9.82. The molecule has 5 nitrogen and oxygen atoms in total. The third kappa shape index (κ3) is 4.66. The molecule has 6 heteroatoms. The molecule has 0 aromatic carbocycles. The van der Waals surface area contributed by atoms with Gasteiger partial charge in [0.15, 0.2) is 14.1 Å². The van der Waals surface area contributed by atoms with Crippen molar-refractivity contribution in [2.24, 2.45) is 0 Å². The summed E-state index contributed by atoms with van der Waals surface area (Å²) in [5.41, 5.74) is -0.448. The second-order valence-corrected chi connectivity index (χ2v) is 15.0. The fraction of sp³-hybridized carbons (Fsp3) is 0.952. The van der Waals surface area contributed by atoms with Crippen LogP contribution in [0.2, 0.25) is 18.1 Å². The fourth-order valence-corrected chi connectivity index (χ4v) is 5.58. The molecule has 3 aliphatic rings. The van der Waals surface area contributed by atoms with Gasteiger partial charge in [-0.15, -0.1) is 0 Å². The standard InChI is InChI=1S/C21H38O5Si/c1-20(2,3)27(5,6)26-16-9-7-11-23-18(16)13-17-15(22)14-21(4)19(25-17)10-8-12-24-21/h16-19H,7-14H2,1-6H3/t16-,17+,18-,19-,21+/m0/s1. The maximum atomic E-state index is 12.8. The zero-order valence-electron chi connectivity index (χ0n) is 18.0. The van der Waals surface area contributed by atoms with Crippen molar-refractivity contribution >= 4 is 14.1 Å². The monoisotopic (exact) mass is 398 g/mol. The molecule has 3 fully saturated rings. The van der Waals surface area contributed by atoms with Crippen molar-refractivity contribution in [1.29, 1.82) is 0 Å². The number of Topliss-reactive ketones (excluding diaryl/α,β-unsaturated/α-hetero) is 1. The highest BCUT2D eigenvalue weighted by Crippen LogP contribution is 2.41. The van der Waals surface area contributed by atoms with Crippen LogP contribution >= 0.6 is 0 Å². The van der Waals surface area contributed by atoms with Gasteiger partial charge in [-0.05, 0) is 50.7 Å². The average molecular weight is 399 g/mol. The third-order valence-corrected chi connectivity index (χ3v) is 11.5. The van der Waals surface area contributed by atoms with Gasteiger partial charge in [0.05, 0.1) is 23.9 Å². The lowest BCUT2D eigenvalue weighted by Gasteiger charge is -2.47. The largest absolute Gasteiger partial charge is 0.411 e. The minimum absolute atomic E-state index is 0.0114. The summed E-state index contributed by atoms with van der Waals surface area (Å²) in [5.74, 6) is 0.149. The van der Waals surface area contributed by atoms with E-state index in [1.54, 1.807) is 0 Å². The Balaban J connectivity index is 1.66. The van der Waals surface area contributed by atoms with E-state index in [0.29, 0.717) is 12.8 Å². The van der Waals surface area contributed by atoms with E-state index < -0.39 is 20.0 Å². The number of hydrogen-bond donors (Lipinski definition) is 0. The Morgan fingerprint density at radius 3 is 2.59 bits per heavy atom. The second kappa shape index (κ2) is 7.86. The summed E-state index contributed by atoms with van der Waals surface area (Å²) >= 11 is 0. The van der Waals surface area contributed by atoms with Gasteiger partial charge in [0.1, 0.15) is 6.10 Å². The molecular weight excluding hydrogens is 360 g/mol. The minimum atomic E-state index is -1.88. The summed E-state index contributed by atoms with van der Waals surface area (Å²) in [4.78, 5) is 12.8. The van der Waals surface area contributed by atoms with Crippen molar-refractivity contribution < 1.29 is 23.4 Å². The Morgan fingerprint density at radius 2 is 1.89 bits per heavy atom. The molecule has 156 valence electrons. The summed E-state index contributed by atoms with van der Waals surface area (Å²) in [6, 6.07) is 0. The Hall–Kier alpha value is -0.273. The lowest BCUT2D eigenvalue weighted by Crippen LogP contribution is -2.57. The average Bonchev–Trinajstić information content (AvgIpc) is 2.55. The minimum Gasteiger partial charge on any atom is -0.411 e. The number of carbonyl (C=O) groups excluding carboxylic acids is 1. The molecule has 0 aromatic rings. The summed E-state index contributed by atoms with van der Waals surface area (Å²) in [5, 5.41) is 0.160. The molecule has 0 N–H and O–H groups in total. The van der Waals surface area contributed by atoms with Crippen molar-refractivity contribution in [3.05, 3.63) is 0 Å². The molecule has 0 amide bonds. The van der Waals surface area contributed by atoms with Gasteiger partial charge in [0.25, 0.3) is 0 Å². The normalized spacial score (nSPS) is 38.5. The first-order valence-corrected chi connectivity index (χ1v) is 13.5. The molecule has 3 aliphatic heterocycles. The molecule has 3 rings (SSSR count). The van der Waals surface area contributed by atoms with Gasteiger partial charge in [-0.1, -0.05) is 20.8 Å². The van der Waals surface area contributed by atoms with Crippen molar-refractivity contribution in [2.75, 3.05) is 13.2 Å². The maximum Gasteiger partial charge on any atom is 0.192 e. The molecule has 27 heavy (non-hydrogen) atoms. The van der Waals surface area contributed by atoms with Crippen LogP contribution in [0.3, 0.4) is 0 Å². The molecule has 0 aliphatic carbocycles. The lowest BCUT2D eigenvalue weighted by molar-refractivity contribution is -0.217. The van der Waals surface area contributed by atoms with Crippen LogP contribution in [0, 0.1) is 0 Å². The summed E-state index contributed by atoms with van der Waals surface area (Å²) < 4.78 is 24.9.